The van der Waals surface area contributed by atoms with Crippen LogP contribution in [0, 0.1) is 13.8 Å². The summed E-state index contributed by atoms with van der Waals surface area (Å²) in [4.78, 5) is 39.0. The quantitative estimate of drug-likeness (QED) is 0.519. The van der Waals surface area contributed by atoms with E-state index >= 15 is 0 Å². The molecule has 2 heterocycles. The van der Waals surface area contributed by atoms with Gasteiger partial charge in [-0.3, -0.25) is 14.2 Å². The van der Waals surface area contributed by atoms with Crippen molar-refractivity contribution in [3.8, 4) is 5.69 Å². The van der Waals surface area contributed by atoms with Gasteiger partial charge in [0.2, 0.25) is 5.91 Å². The van der Waals surface area contributed by atoms with Gasteiger partial charge < -0.3 is 5.32 Å². The minimum Gasteiger partial charge on any atom is -0.323 e. The number of nitrogens with zero attached hydrogens (tertiary/aromatic N) is 2. The van der Waals surface area contributed by atoms with Gasteiger partial charge in [0.15, 0.2) is 0 Å². The lowest BCUT2D eigenvalue weighted by molar-refractivity contribution is -0.116. The Morgan fingerprint density at radius 1 is 1.07 bits per heavy atom. The molecule has 0 saturated carbocycles. The van der Waals surface area contributed by atoms with Crippen LogP contribution in [0.2, 0.25) is 5.02 Å². The summed E-state index contributed by atoms with van der Waals surface area (Å²) in [5.74, 6) is -0.414. The van der Waals surface area contributed by atoms with Crippen LogP contribution in [0.1, 0.15) is 11.1 Å². The number of benzene rings is 2. The normalized spacial score (nSPS) is 11.0. The smallest absolute Gasteiger partial charge is 0.323 e. The van der Waals surface area contributed by atoms with Gasteiger partial charge in [0, 0.05) is 0 Å². The second-order valence-electron chi connectivity index (χ2n) is 7.02. The summed E-state index contributed by atoms with van der Waals surface area (Å²) in [6.07, 6.45) is 0. The third-order valence-corrected chi connectivity index (χ3v) is 5.89. The van der Waals surface area contributed by atoms with E-state index in [0.717, 1.165) is 15.7 Å². The Kier molecular flexibility index (Phi) is 5.32. The molecule has 0 saturated heterocycles. The van der Waals surface area contributed by atoms with Crippen molar-refractivity contribution in [2.45, 2.75) is 20.4 Å². The monoisotopic (exact) mass is 439 g/mol. The van der Waals surface area contributed by atoms with E-state index in [2.05, 4.69) is 5.32 Å². The van der Waals surface area contributed by atoms with Crippen molar-refractivity contribution in [2.24, 2.45) is 0 Å². The standard InChI is InChI=1S/C22H18ClN3O3S/c1-13-9-14(2)11-15(10-13)26-21(28)20-18(7-8-30-20)25(22(26)29)12-19(27)24-17-6-4-3-5-16(17)23/h3-11H,12H2,1-2H3,(H,24,27). The predicted molar refractivity (Wildman–Crippen MR) is 121 cm³/mol. The van der Waals surface area contributed by atoms with Crippen LogP contribution in [0.25, 0.3) is 15.9 Å². The Bertz CT molecular complexity index is 1380. The summed E-state index contributed by atoms with van der Waals surface area (Å²) >= 11 is 7.35. The van der Waals surface area contributed by atoms with E-state index in [-0.39, 0.29) is 6.54 Å². The van der Waals surface area contributed by atoms with Crippen molar-refractivity contribution in [1.82, 2.24) is 9.13 Å². The molecule has 0 radical (unpaired) electrons. The van der Waals surface area contributed by atoms with Crippen LogP contribution in [0.4, 0.5) is 5.69 Å². The molecule has 2 aromatic carbocycles. The zero-order chi connectivity index (χ0) is 21.4. The molecule has 152 valence electrons. The van der Waals surface area contributed by atoms with Gasteiger partial charge in [-0.15, -0.1) is 11.3 Å². The third kappa shape index (κ3) is 3.69. The lowest BCUT2D eigenvalue weighted by Crippen LogP contribution is -2.40. The summed E-state index contributed by atoms with van der Waals surface area (Å²) in [5.41, 5.74) is 2.29. The molecule has 0 spiro atoms. The number of rotatable bonds is 4. The maximum absolute atomic E-state index is 13.3. The number of carbonyl (C=O) groups excluding carboxylic acids is 1. The maximum Gasteiger partial charge on any atom is 0.336 e. The number of nitrogens with one attached hydrogen (secondary N) is 1. The van der Waals surface area contributed by atoms with Gasteiger partial charge in [-0.1, -0.05) is 29.8 Å². The zero-order valence-corrected chi connectivity index (χ0v) is 17.9. The fourth-order valence-electron chi connectivity index (χ4n) is 3.44. The highest BCUT2D eigenvalue weighted by Crippen LogP contribution is 2.21. The molecular weight excluding hydrogens is 422 g/mol. The number of hydrogen-bond acceptors (Lipinski definition) is 4. The van der Waals surface area contributed by atoms with Crippen LogP contribution in [-0.2, 0) is 11.3 Å². The topological polar surface area (TPSA) is 73.1 Å². The molecule has 0 atom stereocenters. The average Bonchev–Trinajstić information content (AvgIpc) is 3.16. The second kappa shape index (κ2) is 7.93. The van der Waals surface area contributed by atoms with Crippen molar-refractivity contribution in [3.63, 3.8) is 0 Å². The van der Waals surface area contributed by atoms with E-state index in [9.17, 15) is 14.4 Å². The molecule has 4 aromatic rings. The van der Waals surface area contributed by atoms with E-state index in [4.69, 9.17) is 11.6 Å². The molecule has 0 aliphatic rings. The van der Waals surface area contributed by atoms with Gasteiger partial charge in [-0.2, -0.15) is 0 Å². The van der Waals surface area contributed by atoms with E-state index in [0.29, 0.717) is 26.6 Å². The summed E-state index contributed by atoms with van der Waals surface area (Å²) in [5, 5.41) is 4.86. The zero-order valence-electron chi connectivity index (χ0n) is 16.3. The number of para-hydroxylation sites is 1. The van der Waals surface area contributed by atoms with E-state index in [1.54, 1.807) is 47.8 Å². The van der Waals surface area contributed by atoms with Gasteiger partial charge in [-0.25, -0.2) is 9.36 Å². The van der Waals surface area contributed by atoms with Gasteiger partial charge in [0.25, 0.3) is 5.56 Å². The number of hydrogen-bond donors (Lipinski definition) is 1. The van der Waals surface area contributed by atoms with Gasteiger partial charge in [0.05, 0.1) is 21.9 Å². The molecule has 1 N–H and O–H groups in total. The minimum absolute atomic E-state index is 0.248. The predicted octanol–water partition coefficient (Wildman–Crippen LogP) is 4.12. The number of thiophene rings is 1. The van der Waals surface area contributed by atoms with E-state index < -0.39 is 17.2 Å². The number of amides is 1. The van der Waals surface area contributed by atoms with Gasteiger partial charge in [-0.05, 0) is 60.7 Å². The van der Waals surface area contributed by atoms with Crippen LogP contribution in [-0.4, -0.2) is 15.0 Å². The highest BCUT2D eigenvalue weighted by atomic mass is 35.5. The van der Waals surface area contributed by atoms with Crippen molar-refractivity contribution >= 4 is 44.7 Å². The summed E-state index contributed by atoms with van der Waals surface area (Å²) in [6, 6.07) is 14.1. The number of aromatic nitrogens is 2. The molecule has 30 heavy (non-hydrogen) atoms. The summed E-state index contributed by atoms with van der Waals surface area (Å²) < 4.78 is 2.86. The van der Waals surface area contributed by atoms with Crippen LogP contribution in [0.5, 0.6) is 0 Å². The third-order valence-electron chi connectivity index (χ3n) is 4.67. The first-order valence-corrected chi connectivity index (χ1v) is 10.5. The molecule has 4 rings (SSSR count). The molecule has 0 aliphatic heterocycles. The molecule has 2 aromatic heterocycles. The largest absolute Gasteiger partial charge is 0.336 e. The van der Waals surface area contributed by atoms with E-state index in [1.807, 2.05) is 19.9 Å². The molecule has 6 nitrogen and oxygen atoms in total. The van der Waals surface area contributed by atoms with Crippen LogP contribution in [0.3, 0.4) is 0 Å². The molecule has 8 heteroatoms. The number of fused-ring (bicyclic) bond motifs is 1. The fraction of sp³-hybridized carbons (Fsp3) is 0.136. The highest BCUT2D eigenvalue weighted by Gasteiger charge is 2.18. The number of carbonyl (C=O) groups is 1. The lowest BCUT2D eigenvalue weighted by atomic mass is 10.1. The lowest BCUT2D eigenvalue weighted by Gasteiger charge is -2.13. The van der Waals surface area contributed by atoms with Crippen molar-refractivity contribution in [2.75, 3.05) is 5.32 Å². The number of aryl methyl sites for hydroxylation is 2. The number of anilines is 1. The van der Waals surface area contributed by atoms with E-state index in [1.165, 1.54) is 15.9 Å². The molecule has 0 aliphatic carbocycles. The first-order valence-electron chi connectivity index (χ1n) is 9.21. The Labute approximate surface area is 181 Å². The van der Waals surface area contributed by atoms with Crippen LogP contribution >= 0.6 is 22.9 Å². The SMILES string of the molecule is Cc1cc(C)cc(-n2c(=O)c3sccc3n(CC(=O)Nc3ccccc3Cl)c2=O)c1. The summed E-state index contributed by atoms with van der Waals surface area (Å²) in [6.45, 7) is 3.56. The maximum atomic E-state index is 13.3. The van der Waals surface area contributed by atoms with Crippen molar-refractivity contribution < 1.29 is 4.79 Å². The Morgan fingerprint density at radius 2 is 1.77 bits per heavy atom. The van der Waals surface area contributed by atoms with Crippen LogP contribution in [0.15, 0.2) is 63.5 Å². The van der Waals surface area contributed by atoms with Gasteiger partial charge >= 0.3 is 5.69 Å². The van der Waals surface area contributed by atoms with Gasteiger partial charge in [0.1, 0.15) is 11.2 Å². The molecule has 1 amide bonds. The average molecular weight is 440 g/mol. The molecular formula is C22H18ClN3O3S. The van der Waals surface area contributed by atoms with Crippen LogP contribution < -0.4 is 16.6 Å². The minimum atomic E-state index is -0.565. The Hall–Kier alpha value is -3.16. The Balaban J connectivity index is 1.83. The molecule has 0 bridgehead atoms. The summed E-state index contributed by atoms with van der Waals surface area (Å²) in [7, 11) is 0. The number of halogens is 1. The fourth-order valence-corrected chi connectivity index (χ4v) is 4.45. The molecule has 0 fully saturated rings. The van der Waals surface area contributed by atoms with Crippen molar-refractivity contribution in [1.29, 1.82) is 0 Å². The second-order valence-corrected chi connectivity index (χ2v) is 8.34. The van der Waals surface area contributed by atoms with Crippen molar-refractivity contribution in [3.05, 3.63) is 90.9 Å². The Morgan fingerprint density at radius 3 is 2.47 bits per heavy atom. The first kappa shape index (κ1) is 20.1. The highest BCUT2D eigenvalue weighted by molar-refractivity contribution is 7.17. The first-order chi connectivity index (χ1) is 14.3. The molecule has 0 unspecified atom stereocenters.